The van der Waals surface area contributed by atoms with Gasteiger partial charge in [-0.2, -0.15) is 0 Å². The third-order valence-corrected chi connectivity index (χ3v) is 1.91. The first-order valence-electron chi connectivity index (χ1n) is 4.27. The van der Waals surface area contributed by atoms with E-state index in [0.29, 0.717) is 12.2 Å². The largest absolute Gasteiger partial charge is 0.508 e. The van der Waals surface area contributed by atoms with Gasteiger partial charge in [-0.3, -0.25) is 0 Å². The van der Waals surface area contributed by atoms with Gasteiger partial charge >= 0.3 is 0 Å². The van der Waals surface area contributed by atoms with Gasteiger partial charge in [-0.25, -0.2) is 0 Å². The predicted molar refractivity (Wildman–Crippen MR) is 52.7 cm³/mol. The number of aliphatic hydroxyl groups excluding tert-OH is 1. The van der Waals surface area contributed by atoms with Crippen LogP contribution in [0, 0.1) is 0 Å². The summed E-state index contributed by atoms with van der Waals surface area (Å²) in [5, 5.41) is 18.2. The second-order valence-electron chi connectivity index (χ2n) is 3.04. The van der Waals surface area contributed by atoms with Crippen molar-refractivity contribution >= 4 is 0 Å². The molecule has 0 aromatic heterocycles. The molecule has 0 unspecified atom stereocenters. The summed E-state index contributed by atoms with van der Waals surface area (Å²) in [7, 11) is 0. The zero-order valence-electron chi connectivity index (χ0n) is 7.70. The molecule has 1 aromatic rings. The molecule has 2 heteroatoms. The number of hydrogen-bond donors (Lipinski definition) is 2. The molecular formula is C11H14O2. The maximum absolute atomic E-state index is 9.40. The number of rotatable bonds is 3. The van der Waals surface area contributed by atoms with Crippen LogP contribution in [0.15, 0.2) is 35.9 Å². The number of para-hydroxylation sites is 1. The molecule has 0 aliphatic carbocycles. The Hall–Kier alpha value is -1.28. The highest BCUT2D eigenvalue weighted by molar-refractivity contribution is 5.33. The molecule has 0 saturated carbocycles. The number of allylic oxidation sites excluding steroid dienone is 1. The van der Waals surface area contributed by atoms with Crippen molar-refractivity contribution in [2.75, 3.05) is 6.61 Å². The lowest BCUT2D eigenvalue weighted by atomic mass is 10.1. The molecule has 13 heavy (non-hydrogen) atoms. The average Bonchev–Trinajstić information content (AvgIpc) is 2.16. The van der Waals surface area contributed by atoms with Crippen molar-refractivity contribution in [3.63, 3.8) is 0 Å². The van der Waals surface area contributed by atoms with Crippen molar-refractivity contribution in [1.82, 2.24) is 0 Å². The zero-order valence-corrected chi connectivity index (χ0v) is 7.70. The minimum absolute atomic E-state index is 0.0770. The number of hydrogen-bond acceptors (Lipinski definition) is 2. The topological polar surface area (TPSA) is 40.5 Å². The number of benzene rings is 1. The maximum Gasteiger partial charge on any atom is 0.119 e. The lowest BCUT2D eigenvalue weighted by Gasteiger charge is -2.00. The first-order chi connectivity index (χ1) is 6.24. The van der Waals surface area contributed by atoms with E-state index in [9.17, 15) is 5.11 Å². The van der Waals surface area contributed by atoms with Crippen LogP contribution in [0.3, 0.4) is 0 Å². The van der Waals surface area contributed by atoms with E-state index in [0.717, 1.165) is 11.1 Å². The molecule has 0 saturated heterocycles. The molecular weight excluding hydrogens is 164 g/mol. The second-order valence-corrected chi connectivity index (χ2v) is 3.04. The Labute approximate surface area is 78.2 Å². The van der Waals surface area contributed by atoms with Crippen LogP contribution in [0.4, 0.5) is 0 Å². The van der Waals surface area contributed by atoms with E-state index in [2.05, 4.69) is 0 Å². The minimum Gasteiger partial charge on any atom is -0.508 e. The van der Waals surface area contributed by atoms with Crippen molar-refractivity contribution in [2.24, 2.45) is 0 Å². The van der Waals surface area contributed by atoms with Crippen LogP contribution < -0.4 is 0 Å². The summed E-state index contributed by atoms with van der Waals surface area (Å²) in [5.74, 6) is 0.310. The Balaban J connectivity index is 2.70. The minimum atomic E-state index is 0.0770. The van der Waals surface area contributed by atoms with Gasteiger partial charge in [0.05, 0.1) is 6.61 Å². The molecule has 0 radical (unpaired) electrons. The first kappa shape index (κ1) is 9.81. The number of aromatic hydroxyl groups is 1. The highest BCUT2D eigenvalue weighted by Gasteiger charge is 1.96. The highest BCUT2D eigenvalue weighted by atomic mass is 16.3. The van der Waals surface area contributed by atoms with E-state index < -0.39 is 0 Å². The molecule has 0 aliphatic rings. The fourth-order valence-corrected chi connectivity index (χ4v) is 1.03. The van der Waals surface area contributed by atoms with Crippen LogP contribution >= 0.6 is 0 Å². The molecule has 0 spiro atoms. The fraction of sp³-hybridized carbons (Fsp3) is 0.273. The molecule has 2 N–H and O–H groups in total. The van der Waals surface area contributed by atoms with Gasteiger partial charge in [0.1, 0.15) is 5.75 Å². The fourth-order valence-electron chi connectivity index (χ4n) is 1.03. The van der Waals surface area contributed by atoms with E-state index >= 15 is 0 Å². The van der Waals surface area contributed by atoms with E-state index in [1.54, 1.807) is 12.1 Å². The molecule has 70 valence electrons. The first-order valence-corrected chi connectivity index (χ1v) is 4.27. The van der Waals surface area contributed by atoms with Crippen LogP contribution in [-0.2, 0) is 6.42 Å². The van der Waals surface area contributed by atoms with E-state index in [-0.39, 0.29) is 6.61 Å². The molecule has 0 aliphatic heterocycles. The molecule has 0 amide bonds. The Morgan fingerprint density at radius 2 is 2.08 bits per heavy atom. The van der Waals surface area contributed by atoms with Gasteiger partial charge in [0.25, 0.3) is 0 Å². The van der Waals surface area contributed by atoms with Crippen molar-refractivity contribution in [3.8, 4) is 5.75 Å². The third-order valence-electron chi connectivity index (χ3n) is 1.91. The summed E-state index contributed by atoms with van der Waals surface area (Å²) in [6.07, 6.45) is 2.58. The second kappa shape index (κ2) is 4.67. The summed E-state index contributed by atoms with van der Waals surface area (Å²) in [6.45, 7) is 1.94. The summed E-state index contributed by atoms with van der Waals surface area (Å²) < 4.78 is 0. The van der Waals surface area contributed by atoms with Crippen LogP contribution in [0.5, 0.6) is 5.75 Å². The molecule has 0 fully saturated rings. The van der Waals surface area contributed by atoms with Crippen molar-refractivity contribution in [1.29, 1.82) is 0 Å². The van der Waals surface area contributed by atoms with Gasteiger partial charge in [0.15, 0.2) is 0 Å². The van der Waals surface area contributed by atoms with E-state index in [4.69, 9.17) is 5.11 Å². The van der Waals surface area contributed by atoms with Crippen LogP contribution in [0.1, 0.15) is 12.5 Å². The van der Waals surface area contributed by atoms with Crippen LogP contribution in [0.25, 0.3) is 0 Å². The highest BCUT2D eigenvalue weighted by Crippen LogP contribution is 2.16. The van der Waals surface area contributed by atoms with Gasteiger partial charge < -0.3 is 10.2 Å². The van der Waals surface area contributed by atoms with Crippen LogP contribution in [-0.4, -0.2) is 16.8 Å². The summed E-state index contributed by atoms with van der Waals surface area (Å²) in [5.41, 5.74) is 1.80. The molecule has 2 nitrogen and oxygen atoms in total. The quantitative estimate of drug-likeness (QED) is 0.694. The Bertz CT molecular complexity index is 303. The van der Waals surface area contributed by atoms with Gasteiger partial charge in [-0.1, -0.05) is 29.8 Å². The number of phenols is 1. The lowest BCUT2D eigenvalue weighted by Crippen LogP contribution is -1.87. The van der Waals surface area contributed by atoms with Gasteiger partial charge in [-0.15, -0.1) is 0 Å². The van der Waals surface area contributed by atoms with Gasteiger partial charge in [0, 0.05) is 0 Å². The lowest BCUT2D eigenvalue weighted by molar-refractivity contribution is 0.331. The van der Waals surface area contributed by atoms with Crippen molar-refractivity contribution in [3.05, 3.63) is 41.5 Å². The Kier molecular flexibility index (Phi) is 3.53. The third kappa shape index (κ3) is 2.92. The van der Waals surface area contributed by atoms with Gasteiger partial charge in [0.2, 0.25) is 0 Å². The zero-order chi connectivity index (χ0) is 9.68. The maximum atomic E-state index is 9.40. The summed E-state index contributed by atoms with van der Waals surface area (Å²) in [6, 6.07) is 7.21. The summed E-state index contributed by atoms with van der Waals surface area (Å²) in [4.78, 5) is 0. The van der Waals surface area contributed by atoms with E-state index in [1.165, 1.54) is 0 Å². The monoisotopic (exact) mass is 178 g/mol. The molecule has 1 aromatic carbocycles. The normalized spacial score (nSPS) is 11.7. The molecule has 0 atom stereocenters. The molecule has 1 rings (SSSR count). The van der Waals surface area contributed by atoms with Gasteiger partial charge in [-0.05, 0) is 25.0 Å². The smallest absolute Gasteiger partial charge is 0.119 e. The SMILES string of the molecule is C/C(=C\Cc1ccccc1O)CO. The predicted octanol–water partition coefficient (Wildman–Crippen LogP) is 1.87. The molecule has 0 bridgehead atoms. The summed E-state index contributed by atoms with van der Waals surface area (Å²) >= 11 is 0. The number of aliphatic hydroxyl groups is 1. The average molecular weight is 178 g/mol. The number of phenolic OH excluding ortho intramolecular Hbond substituents is 1. The Morgan fingerprint density at radius 3 is 2.69 bits per heavy atom. The van der Waals surface area contributed by atoms with Crippen LogP contribution in [0.2, 0.25) is 0 Å². The van der Waals surface area contributed by atoms with E-state index in [1.807, 2.05) is 25.1 Å². The Morgan fingerprint density at radius 1 is 1.38 bits per heavy atom. The molecule has 0 heterocycles. The standard InChI is InChI=1S/C11H14O2/c1-9(8-12)6-7-10-4-2-3-5-11(10)13/h2-6,12-13H,7-8H2,1H3/b9-6+. The van der Waals surface area contributed by atoms with Crippen molar-refractivity contribution in [2.45, 2.75) is 13.3 Å². The van der Waals surface area contributed by atoms with Crippen molar-refractivity contribution < 1.29 is 10.2 Å².